The van der Waals surface area contributed by atoms with Gasteiger partial charge in [0.15, 0.2) is 5.76 Å². The van der Waals surface area contributed by atoms with E-state index >= 15 is 0 Å². The second kappa shape index (κ2) is 9.40. The summed E-state index contributed by atoms with van der Waals surface area (Å²) >= 11 is 0. The molecule has 0 unspecified atom stereocenters. The number of hydrogen-bond acceptors (Lipinski definition) is 8. The van der Waals surface area contributed by atoms with E-state index in [-0.39, 0.29) is 15.4 Å². The lowest BCUT2D eigenvalue weighted by Crippen LogP contribution is -2.02. The van der Waals surface area contributed by atoms with Gasteiger partial charge in [-0.3, -0.25) is 0 Å². The molecule has 0 bridgehead atoms. The van der Waals surface area contributed by atoms with Gasteiger partial charge in [0.1, 0.15) is 23.7 Å². The van der Waals surface area contributed by atoms with Crippen LogP contribution in [0.25, 0.3) is 22.2 Å². The van der Waals surface area contributed by atoms with Crippen molar-refractivity contribution >= 4 is 32.2 Å². The fraction of sp³-hybridized carbons (Fsp3) is 0.111. The van der Waals surface area contributed by atoms with Crippen LogP contribution in [-0.2, 0) is 19.3 Å². The van der Waals surface area contributed by atoms with Crippen molar-refractivity contribution in [2.24, 2.45) is 0 Å². The number of hydrogen-bond donors (Lipinski definition) is 1. The number of nitrogens with one attached hydrogen (secondary N) is 1. The number of aromatic nitrogens is 2. The highest BCUT2D eigenvalue weighted by molar-refractivity contribution is 7.91. The van der Waals surface area contributed by atoms with Crippen molar-refractivity contribution in [2.75, 3.05) is 18.5 Å². The molecule has 0 radical (unpaired) electrons. The van der Waals surface area contributed by atoms with Crippen molar-refractivity contribution < 1.29 is 26.7 Å². The van der Waals surface area contributed by atoms with E-state index in [1.807, 2.05) is 0 Å². The van der Waals surface area contributed by atoms with Crippen molar-refractivity contribution in [2.45, 2.75) is 16.1 Å². The summed E-state index contributed by atoms with van der Waals surface area (Å²) in [6.45, 7) is 0.938. The van der Waals surface area contributed by atoms with Crippen LogP contribution in [0.3, 0.4) is 0 Å². The smallest absolute Gasteiger partial charge is 0.217 e. The topological polar surface area (TPSA) is 104 Å². The molecule has 0 atom stereocenters. The summed E-state index contributed by atoms with van der Waals surface area (Å²) in [5.41, 5.74) is 1.24. The Labute approximate surface area is 211 Å². The van der Waals surface area contributed by atoms with Crippen molar-refractivity contribution in [1.82, 2.24) is 9.97 Å². The highest BCUT2D eigenvalue weighted by Crippen LogP contribution is 2.34. The van der Waals surface area contributed by atoms with Gasteiger partial charge in [0.25, 0.3) is 0 Å². The molecule has 0 amide bonds. The zero-order valence-corrected chi connectivity index (χ0v) is 20.1. The Hall–Kier alpha value is -4.12. The third-order valence-corrected chi connectivity index (χ3v) is 7.74. The summed E-state index contributed by atoms with van der Waals surface area (Å²) in [4.78, 5) is 8.90. The minimum atomic E-state index is -3.63. The molecule has 1 N–H and O–H groups in total. The molecule has 0 saturated carbocycles. The predicted octanol–water partition coefficient (Wildman–Crippen LogP) is 5.65. The molecule has 2 aromatic heterocycles. The summed E-state index contributed by atoms with van der Waals surface area (Å²) in [6, 6.07) is 20.9. The van der Waals surface area contributed by atoms with Crippen LogP contribution in [-0.4, -0.2) is 31.6 Å². The molecule has 1 fully saturated rings. The van der Waals surface area contributed by atoms with E-state index in [4.69, 9.17) is 13.9 Å². The first-order valence-corrected chi connectivity index (χ1v) is 12.9. The fourth-order valence-corrected chi connectivity index (χ4v) is 5.38. The first-order chi connectivity index (χ1) is 18.0. The minimum absolute atomic E-state index is 0.171. The molecule has 10 heteroatoms. The van der Waals surface area contributed by atoms with Crippen LogP contribution in [0.2, 0.25) is 0 Å². The number of benzene rings is 3. The molecule has 186 valence electrons. The summed E-state index contributed by atoms with van der Waals surface area (Å²) in [6.07, 6.45) is 0.726. The fourth-order valence-electron chi connectivity index (χ4n) is 4.10. The Morgan fingerprint density at radius 3 is 2.35 bits per heavy atom. The van der Waals surface area contributed by atoms with E-state index in [0.29, 0.717) is 47.1 Å². The van der Waals surface area contributed by atoms with Crippen molar-refractivity contribution in [3.63, 3.8) is 0 Å². The van der Waals surface area contributed by atoms with Crippen molar-refractivity contribution in [1.29, 1.82) is 0 Å². The van der Waals surface area contributed by atoms with E-state index in [9.17, 15) is 12.8 Å². The van der Waals surface area contributed by atoms with Crippen molar-refractivity contribution in [3.05, 3.63) is 96.8 Å². The monoisotopic (exact) mass is 517 g/mol. The van der Waals surface area contributed by atoms with Crippen molar-refractivity contribution in [3.8, 4) is 11.3 Å². The molecule has 5 aromatic rings. The third kappa shape index (κ3) is 4.46. The summed E-state index contributed by atoms with van der Waals surface area (Å²) < 4.78 is 57.4. The van der Waals surface area contributed by atoms with Crippen LogP contribution >= 0.6 is 0 Å². The highest BCUT2D eigenvalue weighted by Gasteiger charge is 2.23. The predicted molar refractivity (Wildman–Crippen MR) is 133 cm³/mol. The maximum atomic E-state index is 15.0. The number of ether oxygens (including phenoxy) is 2. The Morgan fingerprint density at radius 1 is 0.865 bits per heavy atom. The van der Waals surface area contributed by atoms with Crippen LogP contribution in [0.5, 0.6) is 0 Å². The van der Waals surface area contributed by atoms with Crippen LogP contribution < -0.4 is 5.32 Å². The Bertz CT molecular complexity index is 1680. The lowest BCUT2D eigenvalue weighted by molar-refractivity contribution is -0.0585. The molecule has 1 aliphatic rings. The summed E-state index contributed by atoms with van der Waals surface area (Å²) in [5, 5.41) is 3.74. The molecule has 3 aromatic carbocycles. The molecular weight excluding hydrogens is 497 g/mol. The maximum Gasteiger partial charge on any atom is 0.217 e. The number of halogens is 1. The first-order valence-electron chi connectivity index (χ1n) is 11.4. The van der Waals surface area contributed by atoms with Gasteiger partial charge < -0.3 is 19.2 Å². The molecule has 37 heavy (non-hydrogen) atoms. The van der Waals surface area contributed by atoms with E-state index in [0.717, 1.165) is 0 Å². The summed E-state index contributed by atoms with van der Waals surface area (Å²) in [5.74, 6) is 0.708. The number of furan rings is 1. The normalized spacial score (nSPS) is 14.3. The van der Waals surface area contributed by atoms with Crippen LogP contribution in [0.4, 0.5) is 15.9 Å². The Balaban J connectivity index is 1.31. The lowest BCUT2D eigenvalue weighted by atomic mass is 10.1. The largest absolute Gasteiger partial charge is 0.456 e. The van der Waals surface area contributed by atoms with Gasteiger partial charge in [-0.1, -0.05) is 18.2 Å². The van der Waals surface area contributed by atoms with Gasteiger partial charge in [-0.2, -0.15) is 0 Å². The van der Waals surface area contributed by atoms with Crippen LogP contribution in [0.1, 0.15) is 12.1 Å². The van der Waals surface area contributed by atoms with Gasteiger partial charge in [-0.25, -0.2) is 22.8 Å². The second-order valence-electron chi connectivity index (χ2n) is 8.31. The van der Waals surface area contributed by atoms with E-state index in [2.05, 4.69) is 15.3 Å². The van der Waals surface area contributed by atoms with E-state index in [1.165, 1.54) is 24.5 Å². The Morgan fingerprint density at radius 2 is 1.59 bits per heavy atom. The number of sulfone groups is 1. The number of fused-ring (bicyclic) bond motifs is 1. The number of rotatable bonds is 6. The molecule has 0 spiro atoms. The SMILES string of the molecule is O=S(=O)(c1ccccc1)c1ccc(Nc2ncnc3cc(F)c(-c4ccc(C5OCCO5)o4)cc23)cc1. The Kier molecular flexibility index (Phi) is 5.91. The average Bonchev–Trinajstić information content (AvgIpc) is 3.62. The van der Waals surface area contributed by atoms with Crippen LogP contribution in [0.15, 0.2) is 99.4 Å². The molecule has 3 heterocycles. The minimum Gasteiger partial charge on any atom is -0.456 e. The van der Waals surface area contributed by atoms with Gasteiger partial charge in [-0.15, -0.1) is 0 Å². The number of nitrogens with zero attached hydrogens (tertiary/aromatic N) is 2. The molecule has 8 nitrogen and oxygen atoms in total. The van der Waals surface area contributed by atoms with E-state index in [1.54, 1.807) is 60.7 Å². The molecule has 1 aliphatic heterocycles. The van der Waals surface area contributed by atoms with Gasteiger partial charge in [-0.05, 0) is 54.6 Å². The molecule has 1 saturated heterocycles. The van der Waals surface area contributed by atoms with E-state index < -0.39 is 21.9 Å². The van der Waals surface area contributed by atoms with Gasteiger partial charge in [0.05, 0.1) is 34.1 Å². The average molecular weight is 518 g/mol. The van der Waals surface area contributed by atoms with Crippen LogP contribution in [0, 0.1) is 5.82 Å². The quantitative estimate of drug-likeness (QED) is 0.308. The molecular formula is C27H20FN3O5S. The number of anilines is 2. The third-order valence-electron chi connectivity index (χ3n) is 5.95. The molecule has 6 rings (SSSR count). The maximum absolute atomic E-state index is 15.0. The zero-order chi connectivity index (χ0) is 25.4. The lowest BCUT2D eigenvalue weighted by Gasteiger charge is -2.11. The zero-order valence-electron chi connectivity index (χ0n) is 19.3. The van der Waals surface area contributed by atoms with Gasteiger partial charge in [0, 0.05) is 17.1 Å². The highest BCUT2D eigenvalue weighted by atomic mass is 32.2. The standard InChI is InChI=1S/C27H20FN3O5S/c28-22-15-23-21(14-20(22)24-10-11-25(36-24)27-34-12-13-35-27)26(30-16-29-23)31-17-6-8-19(9-7-17)37(32,33)18-4-2-1-3-5-18/h1-11,14-16,27H,12-13H2,(H,29,30,31). The summed E-state index contributed by atoms with van der Waals surface area (Å²) in [7, 11) is -3.63. The second-order valence-corrected chi connectivity index (χ2v) is 10.3. The van der Waals surface area contributed by atoms with Gasteiger partial charge >= 0.3 is 0 Å². The molecule has 0 aliphatic carbocycles. The van der Waals surface area contributed by atoms with Gasteiger partial charge in [0.2, 0.25) is 16.1 Å². The first kappa shape index (κ1) is 23.3.